The van der Waals surface area contributed by atoms with Gasteiger partial charge in [0.25, 0.3) is 0 Å². The van der Waals surface area contributed by atoms with E-state index in [0.29, 0.717) is 23.1 Å². The van der Waals surface area contributed by atoms with E-state index in [-0.39, 0.29) is 0 Å². The fourth-order valence-corrected chi connectivity index (χ4v) is 2.98. The molecule has 5 nitrogen and oxygen atoms in total. The maximum Gasteiger partial charge on any atom is 0.356 e. The summed E-state index contributed by atoms with van der Waals surface area (Å²) in [7, 11) is 0. The number of thiocarbonyl (C=S) groups is 1. The zero-order valence-electron chi connectivity index (χ0n) is 15.0. The van der Waals surface area contributed by atoms with Gasteiger partial charge in [-0.2, -0.15) is 0 Å². The maximum absolute atomic E-state index is 12.3. The molecule has 1 aromatic heterocycles. The zero-order valence-corrected chi connectivity index (χ0v) is 15.8. The van der Waals surface area contributed by atoms with Crippen molar-refractivity contribution in [1.82, 2.24) is 4.98 Å². The van der Waals surface area contributed by atoms with Crippen molar-refractivity contribution in [1.29, 1.82) is 0 Å². The summed E-state index contributed by atoms with van der Waals surface area (Å²) < 4.78 is 5.16. The summed E-state index contributed by atoms with van der Waals surface area (Å²) in [6.07, 6.45) is 0. The molecule has 134 valence electrons. The van der Waals surface area contributed by atoms with Crippen LogP contribution in [0.5, 0.6) is 0 Å². The Morgan fingerprint density at radius 1 is 1.15 bits per heavy atom. The van der Waals surface area contributed by atoms with E-state index in [0.717, 1.165) is 27.7 Å². The first kappa shape index (κ1) is 17.9. The highest BCUT2D eigenvalue weighted by Gasteiger charge is 2.19. The predicted molar refractivity (Wildman–Crippen MR) is 110 cm³/mol. The Hall–Kier alpha value is -2.86. The second-order valence-corrected chi connectivity index (χ2v) is 6.45. The number of esters is 1. The van der Waals surface area contributed by atoms with Crippen molar-refractivity contribution in [3.63, 3.8) is 0 Å². The Kier molecular flexibility index (Phi) is 5.23. The number of aromatic nitrogens is 1. The topological polar surface area (TPSA) is 66.2 Å². The van der Waals surface area contributed by atoms with Crippen molar-refractivity contribution >= 4 is 45.6 Å². The molecule has 3 rings (SSSR count). The van der Waals surface area contributed by atoms with Crippen molar-refractivity contribution in [2.75, 3.05) is 17.2 Å². The van der Waals surface area contributed by atoms with Gasteiger partial charge in [-0.05, 0) is 56.2 Å². The van der Waals surface area contributed by atoms with E-state index >= 15 is 0 Å². The molecule has 0 amide bonds. The van der Waals surface area contributed by atoms with E-state index < -0.39 is 5.97 Å². The van der Waals surface area contributed by atoms with E-state index in [4.69, 9.17) is 17.0 Å². The molecule has 0 saturated heterocycles. The van der Waals surface area contributed by atoms with Crippen LogP contribution in [0.25, 0.3) is 10.9 Å². The Morgan fingerprint density at radius 2 is 1.92 bits per heavy atom. The van der Waals surface area contributed by atoms with Gasteiger partial charge in [0.1, 0.15) is 5.69 Å². The first-order valence-electron chi connectivity index (χ1n) is 8.42. The van der Waals surface area contributed by atoms with Crippen LogP contribution in [0, 0.1) is 13.8 Å². The van der Waals surface area contributed by atoms with E-state index in [1.165, 1.54) is 0 Å². The molecule has 6 heteroatoms. The molecule has 0 radical (unpaired) electrons. The molecule has 26 heavy (non-hydrogen) atoms. The monoisotopic (exact) mass is 367 g/mol. The highest BCUT2D eigenvalue weighted by atomic mass is 32.1. The molecule has 0 aliphatic carbocycles. The van der Waals surface area contributed by atoms with Gasteiger partial charge in [0.15, 0.2) is 5.11 Å². The first-order chi connectivity index (χ1) is 12.5. The second kappa shape index (κ2) is 7.58. The minimum Gasteiger partial charge on any atom is -0.461 e. The molecule has 2 aromatic carbocycles. The normalized spacial score (nSPS) is 10.6. The van der Waals surface area contributed by atoms with Crippen LogP contribution < -0.4 is 10.6 Å². The molecular weight excluding hydrogens is 346 g/mol. The average Bonchev–Trinajstić information content (AvgIpc) is 2.97. The number of para-hydroxylation sites is 1. The van der Waals surface area contributed by atoms with Gasteiger partial charge in [-0.3, -0.25) is 0 Å². The molecule has 0 aliphatic heterocycles. The summed E-state index contributed by atoms with van der Waals surface area (Å²) in [6, 6.07) is 13.8. The summed E-state index contributed by atoms with van der Waals surface area (Å²) in [5.74, 6) is -0.416. The quantitative estimate of drug-likeness (QED) is 0.458. The van der Waals surface area contributed by atoms with Crippen molar-refractivity contribution in [2.24, 2.45) is 0 Å². The highest BCUT2D eigenvalue weighted by Crippen LogP contribution is 2.28. The minimum atomic E-state index is -0.416. The van der Waals surface area contributed by atoms with Crippen LogP contribution in [-0.4, -0.2) is 22.7 Å². The van der Waals surface area contributed by atoms with Gasteiger partial charge in [0.05, 0.1) is 12.3 Å². The summed E-state index contributed by atoms with van der Waals surface area (Å²) in [5, 5.41) is 7.65. The fourth-order valence-electron chi connectivity index (χ4n) is 2.77. The number of fused-ring (bicyclic) bond motifs is 1. The smallest absolute Gasteiger partial charge is 0.356 e. The molecule has 3 aromatic rings. The van der Waals surface area contributed by atoms with Crippen LogP contribution in [0.1, 0.15) is 28.5 Å². The molecule has 0 saturated carbocycles. The largest absolute Gasteiger partial charge is 0.461 e. The summed E-state index contributed by atoms with van der Waals surface area (Å²) in [6.45, 7) is 6.12. The van der Waals surface area contributed by atoms with Crippen LogP contribution >= 0.6 is 12.2 Å². The minimum absolute atomic E-state index is 0.304. The number of benzene rings is 2. The van der Waals surface area contributed by atoms with Gasteiger partial charge in [0, 0.05) is 16.6 Å². The third kappa shape index (κ3) is 3.70. The number of aryl methyl sites for hydroxylation is 2. The second-order valence-electron chi connectivity index (χ2n) is 6.04. The van der Waals surface area contributed by atoms with Gasteiger partial charge in [-0.15, -0.1) is 0 Å². The molecule has 0 fully saturated rings. The molecule has 0 bridgehead atoms. The van der Waals surface area contributed by atoms with E-state index in [1.807, 2.05) is 50.2 Å². The number of carbonyl (C=O) groups excluding carboxylic acids is 1. The Labute approximate surface area is 157 Å². The molecule has 3 N–H and O–H groups in total. The van der Waals surface area contributed by atoms with Crippen molar-refractivity contribution in [3.05, 3.63) is 59.3 Å². The van der Waals surface area contributed by atoms with Crippen molar-refractivity contribution in [3.8, 4) is 0 Å². The van der Waals surface area contributed by atoms with E-state index in [9.17, 15) is 4.79 Å². The van der Waals surface area contributed by atoms with E-state index in [1.54, 1.807) is 6.92 Å². The Morgan fingerprint density at radius 3 is 2.69 bits per heavy atom. The van der Waals surface area contributed by atoms with Crippen LogP contribution in [0.2, 0.25) is 0 Å². The highest BCUT2D eigenvalue weighted by molar-refractivity contribution is 7.80. The van der Waals surface area contributed by atoms with Crippen molar-refractivity contribution < 1.29 is 9.53 Å². The Balaban J connectivity index is 1.91. The van der Waals surface area contributed by atoms with Gasteiger partial charge >= 0.3 is 5.97 Å². The summed E-state index contributed by atoms with van der Waals surface area (Å²) in [5.41, 5.74) is 4.97. The van der Waals surface area contributed by atoms with Gasteiger partial charge in [0.2, 0.25) is 0 Å². The standard InChI is InChI=1S/C20H21N3O2S/c1-4-25-19(24)18-17(14-7-5-6-8-15(14)21-18)23-20(26)22-16-11-12(2)9-10-13(16)3/h5-11,21H,4H2,1-3H3,(H2,22,23,26). The molecule has 0 unspecified atom stereocenters. The van der Waals surface area contributed by atoms with Crippen LogP contribution in [0.4, 0.5) is 11.4 Å². The lowest BCUT2D eigenvalue weighted by Gasteiger charge is -2.14. The number of aromatic amines is 1. The number of hydrogen-bond acceptors (Lipinski definition) is 3. The van der Waals surface area contributed by atoms with Gasteiger partial charge in [-0.25, -0.2) is 4.79 Å². The molecule has 1 heterocycles. The van der Waals surface area contributed by atoms with Crippen LogP contribution in [-0.2, 0) is 4.74 Å². The van der Waals surface area contributed by atoms with E-state index in [2.05, 4.69) is 21.7 Å². The third-order valence-electron chi connectivity index (χ3n) is 4.07. The lowest BCUT2D eigenvalue weighted by Crippen LogP contribution is -2.21. The summed E-state index contributed by atoms with van der Waals surface area (Å²) >= 11 is 5.47. The molecular formula is C20H21N3O2S. The third-order valence-corrected chi connectivity index (χ3v) is 4.27. The van der Waals surface area contributed by atoms with Crippen LogP contribution in [0.3, 0.4) is 0 Å². The average molecular weight is 367 g/mol. The van der Waals surface area contributed by atoms with Gasteiger partial charge in [-0.1, -0.05) is 30.3 Å². The molecule has 0 spiro atoms. The summed E-state index contributed by atoms with van der Waals surface area (Å²) in [4.78, 5) is 15.4. The lowest BCUT2D eigenvalue weighted by molar-refractivity contribution is 0.0522. The molecule has 0 atom stereocenters. The SMILES string of the molecule is CCOC(=O)c1[nH]c2ccccc2c1NC(=S)Nc1cc(C)ccc1C. The fraction of sp³-hybridized carbons (Fsp3) is 0.200. The lowest BCUT2D eigenvalue weighted by atomic mass is 10.1. The van der Waals surface area contributed by atoms with Crippen LogP contribution in [0.15, 0.2) is 42.5 Å². The van der Waals surface area contributed by atoms with Gasteiger partial charge < -0.3 is 20.4 Å². The number of H-pyrrole nitrogens is 1. The number of ether oxygens (including phenoxy) is 1. The van der Waals surface area contributed by atoms with Crippen molar-refractivity contribution in [2.45, 2.75) is 20.8 Å². The predicted octanol–water partition coefficient (Wildman–Crippen LogP) is 4.77. The number of rotatable bonds is 4. The first-order valence-corrected chi connectivity index (χ1v) is 8.83. The zero-order chi connectivity index (χ0) is 18.7. The number of nitrogens with one attached hydrogen (secondary N) is 3. The molecule has 0 aliphatic rings. The maximum atomic E-state index is 12.3. The number of anilines is 2. The number of carbonyl (C=O) groups is 1. The number of hydrogen-bond donors (Lipinski definition) is 3. The Bertz CT molecular complexity index is 978.